The number of phenols is 1. The summed E-state index contributed by atoms with van der Waals surface area (Å²) in [6, 6.07) is 12.2. The fourth-order valence-electron chi connectivity index (χ4n) is 5.76. The molecule has 160 valence electrons. The average molecular weight is 419 g/mol. The van der Waals surface area contributed by atoms with Crippen LogP contribution in [0.5, 0.6) is 5.75 Å². The van der Waals surface area contributed by atoms with Crippen LogP contribution in [0.4, 0.5) is 5.69 Å². The Morgan fingerprint density at radius 2 is 2.06 bits per heavy atom. The van der Waals surface area contributed by atoms with Crippen LogP contribution < -0.4 is 0 Å². The van der Waals surface area contributed by atoms with Crippen LogP contribution in [-0.2, 0) is 18.3 Å². The maximum absolute atomic E-state index is 12.2. The Morgan fingerprint density at radius 3 is 2.81 bits per heavy atom. The summed E-state index contributed by atoms with van der Waals surface area (Å²) >= 11 is 0. The van der Waals surface area contributed by atoms with E-state index in [2.05, 4.69) is 16.5 Å². The van der Waals surface area contributed by atoms with Gasteiger partial charge in [0.15, 0.2) is 0 Å². The molecular formula is C24H25N3O4. The molecule has 1 aliphatic heterocycles. The highest BCUT2D eigenvalue weighted by Crippen LogP contribution is 2.52. The molecule has 0 radical (unpaired) electrons. The monoisotopic (exact) mass is 419 g/mol. The minimum Gasteiger partial charge on any atom is -0.508 e. The van der Waals surface area contributed by atoms with Crippen molar-refractivity contribution >= 4 is 16.6 Å². The maximum atomic E-state index is 12.2. The van der Waals surface area contributed by atoms with E-state index in [9.17, 15) is 20.3 Å². The Hall–Kier alpha value is -3.16. The van der Waals surface area contributed by atoms with E-state index in [1.54, 1.807) is 18.2 Å². The molecule has 3 aromatic rings. The number of hydrogen-bond donors (Lipinski definition) is 3. The summed E-state index contributed by atoms with van der Waals surface area (Å²) in [6.07, 6.45) is 3.36. The number of likely N-dealkylation sites (tertiary alicyclic amines) is 1. The molecule has 2 aliphatic rings. The zero-order valence-corrected chi connectivity index (χ0v) is 17.2. The number of aliphatic hydroxyl groups is 1. The number of piperidine rings is 1. The fraction of sp³-hybridized carbons (Fsp3) is 0.333. The second kappa shape index (κ2) is 6.93. The van der Waals surface area contributed by atoms with Gasteiger partial charge in [-0.25, -0.2) is 0 Å². The molecular weight excluding hydrogens is 394 g/mol. The van der Waals surface area contributed by atoms with Gasteiger partial charge in [0.2, 0.25) is 0 Å². The number of aromatic amines is 1. The van der Waals surface area contributed by atoms with E-state index >= 15 is 0 Å². The largest absolute Gasteiger partial charge is 0.508 e. The fourth-order valence-corrected chi connectivity index (χ4v) is 5.76. The molecule has 2 atom stereocenters. The maximum Gasteiger partial charge on any atom is 0.279 e. The molecule has 0 bridgehead atoms. The Morgan fingerprint density at radius 1 is 1.26 bits per heavy atom. The number of non-ortho nitro benzene ring substituents is 1. The van der Waals surface area contributed by atoms with Crippen LogP contribution in [-0.4, -0.2) is 50.3 Å². The zero-order chi connectivity index (χ0) is 21.8. The number of β-amino-alcohol motifs (C(OH)–C–C–N with tert-alkyl or cyclic N) is 1. The first-order valence-corrected chi connectivity index (χ1v) is 10.5. The normalized spacial score (nSPS) is 25.7. The smallest absolute Gasteiger partial charge is 0.279 e. The lowest BCUT2D eigenvalue weighted by molar-refractivity contribution is -0.383. The molecule has 2 heterocycles. The first-order valence-electron chi connectivity index (χ1n) is 10.5. The van der Waals surface area contributed by atoms with Gasteiger partial charge in [-0.3, -0.25) is 15.0 Å². The van der Waals surface area contributed by atoms with Gasteiger partial charge in [0.05, 0.1) is 21.4 Å². The predicted octanol–water partition coefficient (Wildman–Crippen LogP) is 3.44. The van der Waals surface area contributed by atoms with Gasteiger partial charge in [-0.05, 0) is 42.3 Å². The molecule has 0 unspecified atom stereocenters. The molecule has 0 amide bonds. The molecule has 0 spiro atoms. The number of fused-ring (bicyclic) bond motifs is 4. The summed E-state index contributed by atoms with van der Waals surface area (Å²) < 4.78 is 0. The van der Waals surface area contributed by atoms with Crippen molar-refractivity contribution in [2.75, 3.05) is 19.6 Å². The number of nitrogens with one attached hydrogen (secondary N) is 1. The number of rotatable bonds is 4. The minimum absolute atomic E-state index is 0.0576. The Kier molecular flexibility index (Phi) is 4.42. The predicted molar refractivity (Wildman–Crippen MR) is 118 cm³/mol. The van der Waals surface area contributed by atoms with Crippen LogP contribution in [0.15, 0.2) is 55.1 Å². The summed E-state index contributed by atoms with van der Waals surface area (Å²) in [6.45, 7) is 5.72. The van der Waals surface area contributed by atoms with Gasteiger partial charge in [-0.1, -0.05) is 24.3 Å². The second-order valence-corrected chi connectivity index (χ2v) is 8.83. The number of hydrogen-bond acceptors (Lipinski definition) is 5. The highest BCUT2D eigenvalue weighted by molar-refractivity contribution is 5.93. The van der Waals surface area contributed by atoms with Crippen molar-refractivity contribution in [3.8, 4) is 5.75 Å². The lowest BCUT2D eigenvalue weighted by Crippen LogP contribution is -2.66. The van der Waals surface area contributed by atoms with Crippen molar-refractivity contribution in [3.63, 3.8) is 0 Å². The second-order valence-electron chi connectivity index (χ2n) is 8.83. The number of nitrogens with zero attached hydrogens (tertiary/aromatic N) is 2. The molecule has 1 fully saturated rings. The van der Waals surface area contributed by atoms with E-state index in [4.69, 9.17) is 0 Å². The van der Waals surface area contributed by atoms with E-state index in [-0.39, 0.29) is 16.4 Å². The number of aromatic hydroxyl groups is 1. The van der Waals surface area contributed by atoms with E-state index in [0.29, 0.717) is 37.7 Å². The molecule has 7 nitrogen and oxygen atoms in total. The third-order valence-corrected chi connectivity index (χ3v) is 7.16. The minimum atomic E-state index is -1.14. The van der Waals surface area contributed by atoms with Crippen molar-refractivity contribution in [3.05, 3.63) is 82.1 Å². The third-order valence-electron chi connectivity index (χ3n) is 7.16. The topological polar surface area (TPSA) is 103 Å². The number of nitro groups is 1. The molecule has 1 saturated heterocycles. The summed E-state index contributed by atoms with van der Waals surface area (Å²) in [7, 11) is 0. The first kappa shape index (κ1) is 19.8. The zero-order valence-electron chi connectivity index (χ0n) is 17.2. The van der Waals surface area contributed by atoms with Crippen LogP contribution in [0.25, 0.3) is 10.9 Å². The molecule has 1 aliphatic carbocycles. The number of phenolic OH excluding ortho intramolecular Hbond substituents is 1. The lowest BCUT2D eigenvalue weighted by Gasteiger charge is -2.56. The first-order chi connectivity index (χ1) is 14.9. The van der Waals surface area contributed by atoms with E-state index in [0.717, 1.165) is 28.9 Å². The van der Waals surface area contributed by atoms with Crippen LogP contribution in [0.2, 0.25) is 0 Å². The number of H-pyrrole nitrogens is 1. The number of nitro benzene ring substituents is 1. The Bertz CT molecular complexity index is 1200. The van der Waals surface area contributed by atoms with Gasteiger partial charge in [0.25, 0.3) is 5.69 Å². The van der Waals surface area contributed by atoms with Crippen molar-refractivity contribution in [1.29, 1.82) is 0 Å². The van der Waals surface area contributed by atoms with Gasteiger partial charge in [-0.15, -0.1) is 6.58 Å². The molecule has 2 aromatic carbocycles. The van der Waals surface area contributed by atoms with Crippen molar-refractivity contribution in [2.24, 2.45) is 0 Å². The van der Waals surface area contributed by atoms with E-state index in [1.165, 1.54) is 6.07 Å². The molecule has 31 heavy (non-hydrogen) atoms. The summed E-state index contributed by atoms with van der Waals surface area (Å²) in [4.78, 5) is 16.9. The van der Waals surface area contributed by atoms with Crippen molar-refractivity contribution < 1.29 is 15.1 Å². The summed E-state index contributed by atoms with van der Waals surface area (Å²) in [5.74, 6) is 0.167. The van der Waals surface area contributed by atoms with E-state index < -0.39 is 11.0 Å². The lowest BCUT2D eigenvalue weighted by atomic mass is 9.56. The number of aromatic nitrogens is 1. The van der Waals surface area contributed by atoms with Crippen LogP contribution in [0, 0.1) is 10.1 Å². The Balaban J connectivity index is 1.72. The molecule has 5 rings (SSSR count). The quantitative estimate of drug-likeness (QED) is 0.342. The average Bonchev–Trinajstić information content (AvgIpc) is 3.08. The van der Waals surface area contributed by atoms with Gasteiger partial charge in [-0.2, -0.15) is 0 Å². The highest BCUT2D eigenvalue weighted by atomic mass is 16.6. The highest BCUT2D eigenvalue weighted by Gasteiger charge is 2.57. The van der Waals surface area contributed by atoms with Gasteiger partial charge < -0.3 is 15.2 Å². The van der Waals surface area contributed by atoms with Gasteiger partial charge in [0.1, 0.15) is 5.75 Å². The molecule has 0 saturated carbocycles. The van der Waals surface area contributed by atoms with Crippen molar-refractivity contribution in [2.45, 2.75) is 30.3 Å². The summed E-state index contributed by atoms with van der Waals surface area (Å²) in [5.41, 5.74) is 1.67. The van der Waals surface area contributed by atoms with Crippen molar-refractivity contribution in [1.82, 2.24) is 9.88 Å². The standard InChI is InChI=1S/C24H25N3O4/c1-2-10-26-11-9-23(16-5-3-6-17(28)12-16)14-20-18(13-24(23,29)15-26)22-19(25-20)7-4-8-21(22)27(30)31/h2-8,12,25,28-29H,1,9-11,13-15H2/t23-,24-/m0/s1. The van der Waals surface area contributed by atoms with Crippen LogP contribution in [0.3, 0.4) is 0 Å². The SMILES string of the molecule is C=CCN1CC[C@@]2(c3cccc(O)c3)Cc3[nH]c4cccc([N+](=O)[O-])c4c3C[C@]2(O)C1. The van der Waals surface area contributed by atoms with E-state index in [1.807, 2.05) is 24.3 Å². The van der Waals surface area contributed by atoms with Crippen LogP contribution in [0.1, 0.15) is 23.2 Å². The molecule has 7 heteroatoms. The van der Waals surface area contributed by atoms with Gasteiger partial charge >= 0.3 is 0 Å². The third kappa shape index (κ3) is 2.88. The van der Waals surface area contributed by atoms with Gasteiger partial charge in [0, 0.05) is 43.1 Å². The summed E-state index contributed by atoms with van der Waals surface area (Å²) in [5, 5.41) is 34.7. The number of benzene rings is 2. The Labute approximate surface area is 179 Å². The van der Waals surface area contributed by atoms with Crippen LogP contribution >= 0.6 is 0 Å². The molecule has 3 N–H and O–H groups in total. The molecule has 1 aromatic heterocycles.